The third-order valence-electron chi connectivity index (χ3n) is 4.61. The van der Waals surface area contributed by atoms with Crippen LogP contribution in [0.1, 0.15) is 26.3 Å². The van der Waals surface area contributed by atoms with E-state index in [1.165, 1.54) is 13.0 Å². The average molecular weight is 398 g/mol. The van der Waals surface area contributed by atoms with Crippen LogP contribution in [-0.2, 0) is 34.0 Å². The molecule has 0 radical (unpaired) electrons. The second kappa shape index (κ2) is 7.46. The minimum atomic E-state index is -1.85. The highest BCUT2D eigenvalue weighted by Gasteiger charge is 2.61. The first-order valence-corrected chi connectivity index (χ1v) is 9.04. The Morgan fingerprint density at radius 1 is 1.28 bits per heavy atom. The monoisotopic (exact) mass is 398 g/mol. The number of benzene rings is 1. The number of ether oxygens (including phenoxy) is 3. The highest BCUT2D eigenvalue weighted by atomic mass is 16.6. The van der Waals surface area contributed by atoms with Crippen LogP contribution in [0.25, 0.3) is 0 Å². The van der Waals surface area contributed by atoms with Crippen molar-refractivity contribution in [3.05, 3.63) is 65.3 Å². The number of fused-ring (bicyclic) bond motifs is 2. The first-order valence-electron chi connectivity index (χ1n) is 9.04. The maximum absolute atomic E-state index is 13.4. The van der Waals surface area contributed by atoms with Crippen molar-refractivity contribution < 1.29 is 28.6 Å². The van der Waals surface area contributed by atoms with E-state index in [1.807, 2.05) is 0 Å². The van der Waals surface area contributed by atoms with Crippen molar-refractivity contribution in [3.8, 4) is 0 Å². The van der Waals surface area contributed by atoms with Crippen molar-refractivity contribution in [2.45, 2.75) is 32.3 Å². The molecular formula is C21H22N2O6. The third kappa shape index (κ3) is 3.06. The van der Waals surface area contributed by atoms with Gasteiger partial charge in [0.1, 0.15) is 28.9 Å². The largest absolute Gasteiger partial charge is 0.459 e. The molecule has 3 N–H and O–H groups in total. The molecule has 0 aromatic heterocycles. The van der Waals surface area contributed by atoms with E-state index in [0.29, 0.717) is 11.3 Å². The van der Waals surface area contributed by atoms with E-state index in [9.17, 15) is 14.4 Å². The molecular weight excluding hydrogens is 376 g/mol. The number of nitrogens with one attached hydrogen (secondary N) is 1. The van der Waals surface area contributed by atoms with E-state index in [4.69, 9.17) is 19.9 Å². The number of rotatable bonds is 5. The van der Waals surface area contributed by atoms with Gasteiger partial charge in [0.05, 0.1) is 6.10 Å². The second-order valence-corrected chi connectivity index (χ2v) is 6.86. The molecule has 8 nitrogen and oxygen atoms in total. The Balaban J connectivity index is 2.32. The zero-order valence-electron chi connectivity index (χ0n) is 16.4. The fourth-order valence-electron chi connectivity index (χ4n) is 3.63. The summed E-state index contributed by atoms with van der Waals surface area (Å²) >= 11 is 0. The topological polar surface area (TPSA) is 117 Å². The molecule has 2 aliphatic rings. The van der Waals surface area contributed by atoms with E-state index < -0.39 is 29.4 Å². The van der Waals surface area contributed by atoms with Crippen LogP contribution in [0.5, 0.6) is 0 Å². The van der Waals surface area contributed by atoms with Gasteiger partial charge in [0.2, 0.25) is 11.8 Å². The van der Waals surface area contributed by atoms with Crippen LogP contribution >= 0.6 is 0 Å². The van der Waals surface area contributed by atoms with Gasteiger partial charge in [-0.3, -0.25) is 4.79 Å². The van der Waals surface area contributed by atoms with Crippen LogP contribution in [0.15, 0.2) is 59.7 Å². The number of nitrogens with two attached hydrogens (primary N) is 1. The van der Waals surface area contributed by atoms with Crippen molar-refractivity contribution in [3.63, 3.8) is 0 Å². The van der Waals surface area contributed by atoms with Crippen molar-refractivity contribution >= 4 is 23.5 Å². The number of para-hydroxylation sites is 1. The van der Waals surface area contributed by atoms with Crippen molar-refractivity contribution in [2.75, 3.05) is 11.9 Å². The summed E-state index contributed by atoms with van der Waals surface area (Å²) < 4.78 is 16.0. The number of hydrogen-bond acceptors (Lipinski definition) is 7. The first-order chi connectivity index (χ1) is 13.7. The number of anilines is 1. The van der Waals surface area contributed by atoms with Gasteiger partial charge in [0.15, 0.2) is 0 Å². The first kappa shape index (κ1) is 20.2. The minimum absolute atomic E-state index is 0.0697. The Hall–Kier alpha value is -3.55. The number of amides is 1. The van der Waals surface area contributed by atoms with Crippen LogP contribution in [0, 0.1) is 0 Å². The predicted octanol–water partition coefficient (Wildman–Crippen LogP) is 2.03. The molecule has 1 aromatic rings. The van der Waals surface area contributed by atoms with E-state index in [0.717, 1.165) is 0 Å². The molecule has 2 aliphatic heterocycles. The highest BCUT2D eigenvalue weighted by molar-refractivity contribution is 6.21. The van der Waals surface area contributed by atoms with E-state index in [1.54, 1.807) is 38.1 Å². The smallest absolute Gasteiger partial charge is 0.341 e. The SMILES string of the molecule is C=CCOC(=O)C1=C(N)OC(C)=C(C(=O)OC(C)C)[C@@]12C(=O)Nc1ccccc12. The zero-order chi connectivity index (χ0) is 21.3. The summed E-state index contributed by atoms with van der Waals surface area (Å²) in [7, 11) is 0. The number of hydrogen-bond donors (Lipinski definition) is 2. The van der Waals surface area contributed by atoms with E-state index >= 15 is 0 Å². The van der Waals surface area contributed by atoms with Crippen LogP contribution in [0.3, 0.4) is 0 Å². The molecule has 0 saturated carbocycles. The molecule has 1 atom stereocenters. The highest BCUT2D eigenvalue weighted by Crippen LogP contribution is 2.52. The lowest BCUT2D eigenvalue weighted by molar-refractivity contribution is -0.145. The quantitative estimate of drug-likeness (QED) is 0.576. The predicted molar refractivity (Wildman–Crippen MR) is 104 cm³/mol. The maximum Gasteiger partial charge on any atom is 0.341 e. The molecule has 152 valence electrons. The van der Waals surface area contributed by atoms with Gasteiger partial charge in [-0.15, -0.1) is 0 Å². The number of carbonyl (C=O) groups is 3. The van der Waals surface area contributed by atoms with Gasteiger partial charge in [-0.1, -0.05) is 30.9 Å². The van der Waals surface area contributed by atoms with E-state index in [2.05, 4.69) is 11.9 Å². The van der Waals surface area contributed by atoms with Gasteiger partial charge in [-0.25, -0.2) is 9.59 Å². The molecule has 0 bridgehead atoms. The molecule has 3 rings (SSSR count). The average Bonchev–Trinajstić information content (AvgIpc) is 2.91. The summed E-state index contributed by atoms with van der Waals surface area (Å²) in [4.78, 5) is 39.4. The lowest BCUT2D eigenvalue weighted by Gasteiger charge is -2.35. The molecule has 0 fully saturated rings. The molecule has 0 saturated heterocycles. The zero-order valence-corrected chi connectivity index (χ0v) is 16.4. The summed E-state index contributed by atoms with van der Waals surface area (Å²) in [6.45, 7) is 8.24. The maximum atomic E-state index is 13.4. The molecule has 8 heteroatoms. The number of allylic oxidation sites excluding steroid dienone is 1. The Morgan fingerprint density at radius 2 is 1.97 bits per heavy atom. The lowest BCUT2D eigenvalue weighted by atomic mass is 9.67. The van der Waals surface area contributed by atoms with Gasteiger partial charge >= 0.3 is 11.9 Å². The van der Waals surface area contributed by atoms with Gasteiger partial charge in [-0.2, -0.15) is 0 Å². The summed E-state index contributed by atoms with van der Waals surface area (Å²) in [5.74, 6) is -2.54. The summed E-state index contributed by atoms with van der Waals surface area (Å²) in [6, 6.07) is 6.73. The van der Waals surface area contributed by atoms with Crippen molar-refractivity contribution in [1.82, 2.24) is 0 Å². The molecule has 1 aromatic carbocycles. The molecule has 0 unspecified atom stereocenters. The Bertz CT molecular complexity index is 975. The van der Waals surface area contributed by atoms with Gasteiger partial charge in [-0.05, 0) is 26.8 Å². The minimum Gasteiger partial charge on any atom is -0.459 e. The molecule has 1 spiro atoms. The number of esters is 2. The fraction of sp³-hybridized carbons (Fsp3) is 0.286. The normalized spacial score (nSPS) is 20.3. The Kier molecular flexibility index (Phi) is 5.19. The Labute approximate surface area is 168 Å². The Morgan fingerprint density at radius 3 is 2.62 bits per heavy atom. The van der Waals surface area contributed by atoms with Crippen LogP contribution in [0.4, 0.5) is 5.69 Å². The fourth-order valence-corrected chi connectivity index (χ4v) is 3.63. The number of carbonyl (C=O) groups excluding carboxylic acids is 3. The van der Waals surface area contributed by atoms with E-state index in [-0.39, 0.29) is 29.4 Å². The summed E-state index contributed by atoms with van der Waals surface area (Å²) in [5.41, 5.74) is 4.63. The van der Waals surface area contributed by atoms with Gasteiger partial charge in [0.25, 0.3) is 0 Å². The molecule has 0 aliphatic carbocycles. The van der Waals surface area contributed by atoms with Crippen molar-refractivity contribution in [1.29, 1.82) is 0 Å². The van der Waals surface area contributed by atoms with Crippen LogP contribution < -0.4 is 11.1 Å². The summed E-state index contributed by atoms with van der Waals surface area (Å²) in [6.07, 6.45) is 0.918. The van der Waals surface area contributed by atoms with Crippen LogP contribution in [0.2, 0.25) is 0 Å². The molecule has 2 heterocycles. The van der Waals surface area contributed by atoms with Gasteiger partial charge < -0.3 is 25.3 Å². The standard InChI is InChI=1S/C21H22N2O6/c1-5-10-27-18(24)16-17(22)29-12(4)15(19(25)28-11(2)3)21(16)13-8-6-7-9-14(13)23-20(21)26/h5-9,11H,1,10,22H2,2-4H3,(H,23,26)/t21-/m1/s1. The lowest BCUT2D eigenvalue weighted by Crippen LogP contribution is -2.48. The second-order valence-electron chi connectivity index (χ2n) is 6.86. The van der Waals surface area contributed by atoms with Crippen molar-refractivity contribution in [2.24, 2.45) is 5.73 Å². The molecule has 1 amide bonds. The third-order valence-corrected chi connectivity index (χ3v) is 4.61. The van der Waals surface area contributed by atoms with Gasteiger partial charge in [0, 0.05) is 11.3 Å². The summed E-state index contributed by atoms with van der Waals surface area (Å²) in [5, 5.41) is 2.72. The molecule has 29 heavy (non-hydrogen) atoms. The van der Waals surface area contributed by atoms with Crippen LogP contribution in [-0.4, -0.2) is 30.6 Å².